The minimum absolute atomic E-state index is 0.349. The summed E-state index contributed by atoms with van der Waals surface area (Å²) in [5.41, 5.74) is 3.50. The van der Waals surface area contributed by atoms with Crippen LogP contribution in [0.25, 0.3) is 21.8 Å². The molecule has 0 spiro atoms. The molecule has 2 aromatic carbocycles. The number of aromatic nitrogens is 3. The Balaban J connectivity index is 1.45. The van der Waals surface area contributed by atoms with Crippen LogP contribution in [-0.4, -0.2) is 33.3 Å². The number of nitrogens with zero attached hydrogens (tertiary/aromatic N) is 3. The second-order valence-corrected chi connectivity index (χ2v) is 8.76. The lowest BCUT2D eigenvalue weighted by molar-refractivity contribution is 0.621. The van der Waals surface area contributed by atoms with E-state index in [0.717, 1.165) is 34.5 Å². The highest BCUT2D eigenvalue weighted by atomic mass is 15.3. The molecule has 0 saturated heterocycles. The summed E-state index contributed by atoms with van der Waals surface area (Å²) in [7, 11) is 0. The first-order chi connectivity index (χ1) is 14.6. The molecular formula is C25H29N5. The smallest absolute Gasteiger partial charge is 0.155 e. The average Bonchev–Trinajstić information content (AvgIpc) is 3.48. The molecule has 1 aliphatic carbocycles. The van der Waals surface area contributed by atoms with E-state index in [2.05, 4.69) is 95.8 Å². The number of hydrogen-bond donors (Lipinski definition) is 2. The van der Waals surface area contributed by atoms with Gasteiger partial charge in [-0.05, 0) is 69.9 Å². The largest absolute Gasteiger partial charge is 0.366 e. The van der Waals surface area contributed by atoms with E-state index in [-0.39, 0.29) is 0 Å². The van der Waals surface area contributed by atoms with Gasteiger partial charge in [-0.1, -0.05) is 30.3 Å². The number of benzene rings is 2. The number of nitrogens with one attached hydrogen (secondary N) is 2. The zero-order chi connectivity index (χ0) is 20.7. The van der Waals surface area contributed by atoms with E-state index in [1.807, 2.05) is 0 Å². The van der Waals surface area contributed by atoms with Gasteiger partial charge >= 0.3 is 0 Å². The standard InChI is InChI=1S/C25H29N5/c1-16(2)26-25-21-9-6-8-19(24(21)28-29-25)15-17(3)30(20-12-13-20)23-14-11-18-7-4-5-10-22(18)27-23/h4-11,14,16-17,20H,12-13,15H2,1-3H3,(H2,26,28,29). The summed E-state index contributed by atoms with van der Waals surface area (Å²) in [6.45, 7) is 6.59. The van der Waals surface area contributed by atoms with Crippen molar-refractivity contribution in [2.45, 2.75) is 58.2 Å². The minimum atomic E-state index is 0.349. The lowest BCUT2D eigenvalue weighted by Gasteiger charge is -2.31. The van der Waals surface area contributed by atoms with Crippen LogP contribution in [0, 0.1) is 0 Å². The number of rotatable bonds is 7. The second kappa shape index (κ2) is 7.63. The van der Waals surface area contributed by atoms with Crippen molar-refractivity contribution in [2.75, 3.05) is 10.2 Å². The molecule has 0 bridgehead atoms. The molecule has 0 amide bonds. The van der Waals surface area contributed by atoms with Crippen LogP contribution in [0.4, 0.5) is 11.6 Å². The Morgan fingerprint density at radius 3 is 2.67 bits per heavy atom. The number of anilines is 2. The number of fused-ring (bicyclic) bond motifs is 2. The maximum atomic E-state index is 4.99. The molecule has 1 unspecified atom stereocenters. The molecule has 154 valence electrons. The fourth-order valence-electron chi connectivity index (χ4n) is 4.40. The van der Waals surface area contributed by atoms with Gasteiger partial charge in [0.2, 0.25) is 0 Å². The Labute approximate surface area is 177 Å². The van der Waals surface area contributed by atoms with Crippen LogP contribution in [0.15, 0.2) is 54.6 Å². The highest BCUT2D eigenvalue weighted by molar-refractivity contribution is 5.92. The van der Waals surface area contributed by atoms with E-state index in [1.165, 1.54) is 23.8 Å². The van der Waals surface area contributed by atoms with Crippen LogP contribution >= 0.6 is 0 Å². The second-order valence-electron chi connectivity index (χ2n) is 8.76. The van der Waals surface area contributed by atoms with Crippen molar-refractivity contribution >= 4 is 33.4 Å². The molecule has 2 N–H and O–H groups in total. The number of aromatic amines is 1. The first-order valence-electron chi connectivity index (χ1n) is 11.0. The maximum Gasteiger partial charge on any atom is 0.155 e. The van der Waals surface area contributed by atoms with Crippen molar-refractivity contribution in [3.05, 3.63) is 60.2 Å². The topological polar surface area (TPSA) is 56.8 Å². The molecule has 5 heteroatoms. The highest BCUT2D eigenvalue weighted by Gasteiger charge is 2.33. The van der Waals surface area contributed by atoms with E-state index in [4.69, 9.17) is 4.98 Å². The van der Waals surface area contributed by atoms with Crippen LogP contribution in [0.3, 0.4) is 0 Å². The summed E-state index contributed by atoms with van der Waals surface area (Å²) in [6.07, 6.45) is 3.44. The first kappa shape index (κ1) is 18.9. The predicted molar refractivity (Wildman–Crippen MR) is 125 cm³/mol. The van der Waals surface area contributed by atoms with Gasteiger partial charge in [-0.15, -0.1) is 0 Å². The summed E-state index contributed by atoms with van der Waals surface area (Å²) in [6, 6.07) is 20.5. The molecule has 2 aromatic heterocycles. The molecule has 5 nitrogen and oxygen atoms in total. The average molecular weight is 400 g/mol. The molecule has 2 heterocycles. The third-order valence-electron chi connectivity index (χ3n) is 5.89. The Kier molecular flexibility index (Phi) is 4.81. The molecule has 5 rings (SSSR count). The van der Waals surface area contributed by atoms with Gasteiger partial charge in [-0.25, -0.2) is 4.98 Å². The van der Waals surface area contributed by atoms with Gasteiger partial charge in [0.25, 0.3) is 0 Å². The van der Waals surface area contributed by atoms with E-state index in [0.29, 0.717) is 18.1 Å². The van der Waals surface area contributed by atoms with Crippen molar-refractivity contribution in [3.63, 3.8) is 0 Å². The molecule has 0 aliphatic heterocycles. The van der Waals surface area contributed by atoms with E-state index in [9.17, 15) is 0 Å². The van der Waals surface area contributed by atoms with E-state index >= 15 is 0 Å². The SMILES string of the molecule is CC(C)Nc1n[nH]c2c(CC(C)N(c3ccc4ccccc4n3)C3CC3)cccc12. The number of para-hydroxylation sites is 2. The van der Waals surface area contributed by atoms with Crippen molar-refractivity contribution in [1.82, 2.24) is 15.2 Å². The lowest BCUT2D eigenvalue weighted by atomic mass is 10.0. The highest BCUT2D eigenvalue weighted by Crippen LogP contribution is 2.35. The molecular weight excluding hydrogens is 370 g/mol. The van der Waals surface area contributed by atoms with Crippen LogP contribution in [0.5, 0.6) is 0 Å². The van der Waals surface area contributed by atoms with E-state index < -0.39 is 0 Å². The molecule has 0 radical (unpaired) electrons. The Bertz CT molecular complexity index is 1170. The molecule has 4 aromatic rings. The van der Waals surface area contributed by atoms with E-state index in [1.54, 1.807) is 0 Å². The summed E-state index contributed by atoms with van der Waals surface area (Å²) in [5.74, 6) is 2.02. The monoisotopic (exact) mass is 399 g/mol. The van der Waals surface area contributed by atoms with Crippen LogP contribution in [-0.2, 0) is 6.42 Å². The Morgan fingerprint density at radius 2 is 1.87 bits per heavy atom. The predicted octanol–water partition coefficient (Wildman–Crippen LogP) is 5.53. The third-order valence-corrected chi connectivity index (χ3v) is 5.89. The van der Waals surface area contributed by atoms with Gasteiger partial charge in [-0.2, -0.15) is 5.10 Å². The summed E-state index contributed by atoms with van der Waals surface area (Å²) in [5, 5.41) is 13.6. The van der Waals surface area contributed by atoms with Crippen LogP contribution < -0.4 is 10.2 Å². The summed E-state index contributed by atoms with van der Waals surface area (Å²) in [4.78, 5) is 7.52. The van der Waals surface area contributed by atoms with Gasteiger partial charge in [0.1, 0.15) is 5.82 Å². The van der Waals surface area contributed by atoms with Gasteiger partial charge in [0.15, 0.2) is 5.82 Å². The Hall–Kier alpha value is -3.08. The first-order valence-corrected chi connectivity index (χ1v) is 11.0. The minimum Gasteiger partial charge on any atom is -0.366 e. The molecule has 1 aliphatic rings. The van der Waals surface area contributed by atoms with Crippen LogP contribution in [0.1, 0.15) is 39.2 Å². The number of H-pyrrole nitrogens is 1. The van der Waals surface area contributed by atoms with Gasteiger partial charge in [0.05, 0.1) is 11.0 Å². The summed E-state index contributed by atoms with van der Waals surface area (Å²) < 4.78 is 0. The maximum absolute atomic E-state index is 4.99. The molecule has 1 saturated carbocycles. The van der Waals surface area contributed by atoms with Crippen LogP contribution in [0.2, 0.25) is 0 Å². The fourth-order valence-corrected chi connectivity index (χ4v) is 4.40. The van der Waals surface area contributed by atoms with Crippen molar-refractivity contribution in [3.8, 4) is 0 Å². The van der Waals surface area contributed by atoms with Gasteiger partial charge in [0, 0.05) is 28.9 Å². The zero-order valence-electron chi connectivity index (χ0n) is 17.9. The Morgan fingerprint density at radius 1 is 1.03 bits per heavy atom. The van der Waals surface area contributed by atoms with Crippen molar-refractivity contribution in [2.24, 2.45) is 0 Å². The third kappa shape index (κ3) is 3.60. The molecule has 30 heavy (non-hydrogen) atoms. The molecule has 1 atom stereocenters. The summed E-state index contributed by atoms with van der Waals surface area (Å²) >= 11 is 0. The number of pyridine rings is 1. The fraction of sp³-hybridized carbons (Fsp3) is 0.360. The van der Waals surface area contributed by atoms with Gasteiger partial charge < -0.3 is 10.2 Å². The normalized spacial score (nSPS) is 15.1. The zero-order valence-corrected chi connectivity index (χ0v) is 17.9. The molecule has 1 fully saturated rings. The van der Waals surface area contributed by atoms with Crippen molar-refractivity contribution < 1.29 is 0 Å². The van der Waals surface area contributed by atoms with Gasteiger partial charge in [-0.3, -0.25) is 5.10 Å². The quantitative estimate of drug-likeness (QED) is 0.429. The number of hydrogen-bond acceptors (Lipinski definition) is 4. The lowest BCUT2D eigenvalue weighted by Crippen LogP contribution is -2.37. The van der Waals surface area contributed by atoms with Crippen molar-refractivity contribution in [1.29, 1.82) is 0 Å².